The third-order valence-electron chi connectivity index (χ3n) is 3.86. The Kier molecular flexibility index (Phi) is 6.65. The van der Waals surface area contributed by atoms with Crippen LogP contribution < -0.4 is 15.4 Å². The maximum absolute atomic E-state index is 12.0. The second kappa shape index (κ2) is 9.58. The van der Waals surface area contributed by atoms with Crippen LogP contribution in [0.1, 0.15) is 16.8 Å². The summed E-state index contributed by atoms with van der Waals surface area (Å²) in [6, 6.07) is 23.1. The number of halogens is 1. The van der Waals surface area contributed by atoms with Crippen LogP contribution in [0, 0.1) is 0 Å². The third-order valence-corrected chi connectivity index (χ3v) is 4.11. The van der Waals surface area contributed by atoms with Gasteiger partial charge in [-0.25, -0.2) is 0 Å². The first-order valence-corrected chi connectivity index (χ1v) is 9.14. The lowest BCUT2D eigenvalue weighted by Crippen LogP contribution is -2.27. The Morgan fingerprint density at radius 2 is 1.46 bits per heavy atom. The molecule has 0 bridgehead atoms. The number of nitrogens with one attached hydrogen (secondary N) is 2. The van der Waals surface area contributed by atoms with E-state index in [1.54, 1.807) is 48.5 Å². The van der Waals surface area contributed by atoms with E-state index in [-0.39, 0.29) is 24.8 Å². The van der Waals surface area contributed by atoms with Gasteiger partial charge in [-0.05, 0) is 60.7 Å². The van der Waals surface area contributed by atoms with E-state index in [9.17, 15) is 9.59 Å². The van der Waals surface area contributed by atoms with Gasteiger partial charge in [0.25, 0.3) is 5.91 Å². The first-order valence-electron chi connectivity index (χ1n) is 8.77. The molecule has 28 heavy (non-hydrogen) atoms. The second-order valence-electron chi connectivity index (χ2n) is 6.00. The summed E-state index contributed by atoms with van der Waals surface area (Å²) in [5.41, 5.74) is 1.16. The van der Waals surface area contributed by atoms with Gasteiger partial charge in [0, 0.05) is 29.2 Å². The molecule has 142 valence electrons. The van der Waals surface area contributed by atoms with E-state index >= 15 is 0 Å². The van der Waals surface area contributed by atoms with Crippen molar-refractivity contribution in [2.75, 3.05) is 11.9 Å². The van der Waals surface area contributed by atoms with Crippen LogP contribution in [0.3, 0.4) is 0 Å². The van der Waals surface area contributed by atoms with Gasteiger partial charge in [-0.15, -0.1) is 0 Å². The molecule has 0 spiro atoms. The molecule has 3 rings (SSSR count). The molecule has 0 radical (unpaired) electrons. The van der Waals surface area contributed by atoms with Crippen molar-refractivity contribution in [3.63, 3.8) is 0 Å². The number of ether oxygens (including phenoxy) is 1. The molecule has 0 saturated carbocycles. The topological polar surface area (TPSA) is 67.4 Å². The van der Waals surface area contributed by atoms with E-state index in [0.717, 1.165) is 5.75 Å². The van der Waals surface area contributed by atoms with Gasteiger partial charge in [0.1, 0.15) is 11.5 Å². The predicted octanol–water partition coefficient (Wildman–Crippen LogP) is 4.89. The average molecular weight is 395 g/mol. The highest BCUT2D eigenvalue weighted by atomic mass is 35.5. The maximum atomic E-state index is 12.0. The maximum Gasteiger partial charge on any atom is 0.251 e. The van der Waals surface area contributed by atoms with E-state index in [1.807, 2.05) is 30.3 Å². The van der Waals surface area contributed by atoms with E-state index in [4.69, 9.17) is 16.3 Å². The first kappa shape index (κ1) is 19.5. The zero-order chi connectivity index (χ0) is 19.8. The van der Waals surface area contributed by atoms with E-state index in [2.05, 4.69) is 10.6 Å². The average Bonchev–Trinajstić information content (AvgIpc) is 2.71. The number of benzene rings is 3. The number of para-hydroxylation sites is 1. The molecule has 2 N–H and O–H groups in total. The lowest BCUT2D eigenvalue weighted by molar-refractivity contribution is -0.116. The molecule has 0 unspecified atom stereocenters. The van der Waals surface area contributed by atoms with E-state index in [0.29, 0.717) is 22.0 Å². The van der Waals surface area contributed by atoms with Crippen LogP contribution in [0.25, 0.3) is 0 Å². The summed E-state index contributed by atoms with van der Waals surface area (Å²) in [5, 5.41) is 6.07. The SMILES string of the molecule is O=C(CCNC(=O)c1ccc(Cl)cc1)Nc1ccc(Oc2ccccc2)cc1. The second-order valence-corrected chi connectivity index (χ2v) is 6.44. The highest BCUT2D eigenvalue weighted by molar-refractivity contribution is 6.30. The van der Waals surface area contributed by atoms with Crippen LogP contribution in [0.4, 0.5) is 5.69 Å². The van der Waals surface area contributed by atoms with Crippen molar-refractivity contribution in [2.45, 2.75) is 6.42 Å². The molecular formula is C22H19ClN2O3. The zero-order valence-electron chi connectivity index (χ0n) is 15.0. The minimum Gasteiger partial charge on any atom is -0.457 e. The summed E-state index contributed by atoms with van der Waals surface area (Å²) in [6.07, 6.45) is 0.168. The molecule has 0 aliphatic rings. The van der Waals surface area contributed by atoms with Crippen molar-refractivity contribution in [1.82, 2.24) is 5.32 Å². The molecular weight excluding hydrogens is 376 g/mol. The molecule has 0 heterocycles. The Hall–Kier alpha value is -3.31. The summed E-state index contributed by atoms with van der Waals surface area (Å²) in [7, 11) is 0. The normalized spacial score (nSPS) is 10.2. The standard InChI is InChI=1S/C22H19ClN2O3/c23-17-8-6-16(7-9-17)22(27)24-15-14-21(26)25-18-10-12-20(13-11-18)28-19-4-2-1-3-5-19/h1-13H,14-15H2,(H,24,27)(H,25,26). The smallest absolute Gasteiger partial charge is 0.251 e. The van der Waals surface area contributed by atoms with Crippen LogP contribution in [0.2, 0.25) is 5.02 Å². The fourth-order valence-electron chi connectivity index (χ4n) is 2.45. The van der Waals surface area contributed by atoms with Crippen molar-refractivity contribution in [3.05, 3.63) is 89.4 Å². The number of hydrogen-bond donors (Lipinski definition) is 2. The number of anilines is 1. The van der Waals surface area contributed by atoms with Crippen molar-refractivity contribution < 1.29 is 14.3 Å². The van der Waals surface area contributed by atoms with Crippen molar-refractivity contribution in [3.8, 4) is 11.5 Å². The fraction of sp³-hybridized carbons (Fsp3) is 0.0909. The first-order chi connectivity index (χ1) is 13.6. The molecule has 2 amide bonds. The predicted molar refractivity (Wildman–Crippen MR) is 110 cm³/mol. The van der Waals surface area contributed by atoms with Crippen molar-refractivity contribution in [2.24, 2.45) is 0 Å². The molecule has 3 aromatic rings. The van der Waals surface area contributed by atoms with E-state index in [1.165, 1.54) is 0 Å². The van der Waals surface area contributed by atoms with Gasteiger partial charge in [-0.2, -0.15) is 0 Å². The van der Waals surface area contributed by atoms with E-state index < -0.39 is 0 Å². The number of rotatable bonds is 7. The number of carbonyl (C=O) groups excluding carboxylic acids is 2. The van der Waals surface area contributed by atoms with Crippen LogP contribution in [0.5, 0.6) is 11.5 Å². The van der Waals surface area contributed by atoms with Crippen LogP contribution >= 0.6 is 11.6 Å². The molecule has 3 aromatic carbocycles. The molecule has 0 aliphatic heterocycles. The third kappa shape index (κ3) is 5.86. The Morgan fingerprint density at radius 1 is 0.821 bits per heavy atom. The lowest BCUT2D eigenvalue weighted by Gasteiger charge is -2.09. The summed E-state index contributed by atoms with van der Waals surface area (Å²) >= 11 is 5.80. The van der Waals surface area contributed by atoms with Gasteiger partial charge in [0.15, 0.2) is 0 Å². The van der Waals surface area contributed by atoms with Gasteiger partial charge in [0.05, 0.1) is 0 Å². The Balaban J connectivity index is 1.43. The highest BCUT2D eigenvalue weighted by Gasteiger charge is 2.07. The summed E-state index contributed by atoms with van der Waals surface area (Å²) in [5.74, 6) is 0.996. The van der Waals surface area contributed by atoms with Crippen molar-refractivity contribution in [1.29, 1.82) is 0 Å². The Bertz CT molecular complexity index is 926. The molecule has 0 aliphatic carbocycles. The van der Waals surface area contributed by atoms with Gasteiger partial charge in [-0.1, -0.05) is 29.8 Å². The highest BCUT2D eigenvalue weighted by Crippen LogP contribution is 2.22. The zero-order valence-corrected chi connectivity index (χ0v) is 15.8. The van der Waals surface area contributed by atoms with Crippen LogP contribution in [-0.4, -0.2) is 18.4 Å². The van der Waals surface area contributed by atoms with Crippen LogP contribution in [0.15, 0.2) is 78.9 Å². The van der Waals surface area contributed by atoms with Gasteiger partial charge < -0.3 is 15.4 Å². The largest absolute Gasteiger partial charge is 0.457 e. The monoisotopic (exact) mass is 394 g/mol. The number of hydrogen-bond acceptors (Lipinski definition) is 3. The molecule has 0 saturated heterocycles. The van der Waals surface area contributed by atoms with Gasteiger partial charge >= 0.3 is 0 Å². The van der Waals surface area contributed by atoms with Gasteiger partial charge in [0.2, 0.25) is 5.91 Å². The van der Waals surface area contributed by atoms with Crippen molar-refractivity contribution >= 4 is 29.1 Å². The molecule has 0 fully saturated rings. The molecule has 6 heteroatoms. The minimum absolute atomic E-state index is 0.168. The lowest BCUT2D eigenvalue weighted by atomic mass is 10.2. The Labute approximate surface area is 168 Å². The molecule has 5 nitrogen and oxygen atoms in total. The summed E-state index contributed by atoms with van der Waals surface area (Å²) < 4.78 is 5.71. The quantitative estimate of drug-likeness (QED) is 0.599. The summed E-state index contributed by atoms with van der Waals surface area (Å²) in [4.78, 5) is 24.0. The van der Waals surface area contributed by atoms with Crippen LogP contribution in [-0.2, 0) is 4.79 Å². The molecule has 0 atom stereocenters. The Morgan fingerprint density at radius 3 is 2.14 bits per heavy atom. The minimum atomic E-state index is -0.244. The summed E-state index contributed by atoms with van der Waals surface area (Å²) in [6.45, 7) is 0.239. The number of amides is 2. The van der Waals surface area contributed by atoms with Gasteiger partial charge in [-0.3, -0.25) is 9.59 Å². The molecule has 0 aromatic heterocycles. The fourth-order valence-corrected chi connectivity index (χ4v) is 2.57. The number of carbonyl (C=O) groups is 2.